The summed E-state index contributed by atoms with van der Waals surface area (Å²) < 4.78 is 2.38. The van der Waals surface area contributed by atoms with Gasteiger partial charge >= 0.3 is 0 Å². The molecule has 1 fully saturated rings. The van der Waals surface area contributed by atoms with Crippen molar-refractivity contribution in [2.75, 3.05) is 19.0 Å². The van der Waals surface area contributed by atoms with Crippen LogP contribution in [0.1, 0.15) is 31.2 Å². The first-order valence-corrected chi connectivity index (χ1v) is 8.48. The largest absolute Gasteiger partial charge is 0.326 e. The molecular weight excluding hydrogens is 282 g/mol. The van der Waals surface area contributed by atoms with Crippen molar-refractivity contribution in [3.63, 3.8) is 0 Å². The number of alkyl halides is 1. The molecular formula is C17H24ClN3. The average molecular weight is 306 g/mol. The summed E-state index contributed by atoms with van der Waals surface area (Å²) in [5, 5.41) is 0. The van der Waals surface area contributed by atoms with Crippen LogP contribution < -0.4 is 0 Å². The second kappa shape index (κ2) is 6.37. The summed E-state index contributed by atoms with van der Waals surface area (Å²) in [4.78, 5) is 7.39. The number of rotatable bonds is 5. The summed E-state index contributed by atoms with van der Waals surface area (Å²) in [5.74, 6) is 1.75. The van der Waals surface area contributed by atoms with Crippen LogP contribution in [0, 0.1) is 6.92 Å². The minimum Gasteiger partial charge on any atom is -0.326 e. The topological polar surface area (TPSA) is 21.1 Å². The Labute approximate surface area is 131 Å². The lowest BCUT2D eigenvalue weighted by Gasteiger charge is -2.25. The Morgan fingerprint density at radius 1 is 1.29 bits per heavy atom. The lowest BCUT2D eigenvalue weighted by molar-refractivity contribution is 0.236. The van der Waals surface area contributed by atoms with E-state index in [1.54, 1.807) is 0 Å². The van der Waals surface area contributed by atoms with E-state index in [-0.39, 0.29) is 0 Å². The fourth-order valence-corrected chi connectivity index (χ4v) is 3.50. The van der Waals surface area contributed by atoms with Gasteiger partial charge in [0, 0.05) is 24.9 Å². The minimum atomic E-state index is 0.556. The van der Waals surface area contributed by atoms with Crippen LogP contribution in [0.3, 0.4) is 0 Å². The number of aryl methyl sites for hydroxylation is 2. The number of imidazole rings is 1. The zero-order valence-corrected chi connectivity index (χ0v) is 13.7. The molecule has 0 radical (unpaired) electrons. The lowest BCUT2D eigenvalue weighted by Crippen LogP contribution is -2.34. The van der Waals surface area contributed by atoms with Crippen molar-refractivity contribution in [3.8, 4) is 0 Å². The zero-order chi connectivity index (χ0) is 14.8. The summed E-state index contributed by atoms with van der Waals surface area (Å²) in [7, 11) is 0. The molecule has 0 bridgehead atoms. The first-order valence-electron chi connectivity index (χ1n) is 7.95. The van der Waals surface area contributed by atoms with Gasteiger partial charge in [0.05, 0.1) is 11.0 Å². The maximum absolute atomic E-state index is 5.97. The molecule has 1 aromatic carbocycles. The highest BCUT2D eigenvalue weighted by Crippen LogP contribution is 2.21. The molecule has 1 unspecified atom stereocenters. The Morgan fingerprint density at radius 3 is 2.76 bits per heavy atom. The van der Waals surface area contributed by atoms with Gasteiger partial charge in [-0.1, -0.05) is 6.07 Å². The van der Waals surface area contributed by atoms with Crippen molar-refractivity contribution >= 4 is 22.6 Å². The van der Waals surface area contributed by atoms with E-state index in [2.05, 4.69) is 41.5 Å². The number of hydrogen-bond acceptors (Lipinski definition) is 2. The van der Waals surface area contributed by atoms with Gasteiger partial charge in [-0.15, -0.1) is 11.6 Å². The van der Waals surface area contributed by atoms with E-state index in [4.69, 9.17) is 16.6 Å². The Hall–Kier alpha value is -1.06. The van der Waals surface area contributed by atoms with E-state index >= 15 is 0 Å². The normalized spacial score (nSPS) is 17.7. The molecule has 1 aliphatic heterocycles. The third-order valence-corrected chi connectivity index (χ3v) is 4.70. The third kappa shape index (κ3) is 3.09. The average Bonchev–Trinajstić information content (AvgIpc) is 3.08. The van der Waals surface area contributed by atoms with Gasteiger partial charge in [0.15, 0.2) is 0 Å². The number of nitrogens with zero attached hydrogens (tertiary/aromatic N) is 3. The molecule has 3 rings (SSSR count). The van der Waals surface area contributed by atoms with E-state index in [1.807, 2.05) is 0 Å². The van der Waals surface area contributed by atoms with Crippen LogP contribution in [0.15, 0.2) is 18.2 Å². The van der Waals surface area contributed by atoms with E-state index in [0.717, 1.165) is 24.3 Å². The lowest BCUT2D eigenvalue weighted by atomic mass is 10.2. The van der Waals surface area contributed by atoms with Crippen molar-refractivity contribution in [3.05, 3.63) is 29.6 Å². The monoisotopic (exact) mass is 305 g/mol. The molecule has 114 valence electrons. The number of halogens is 1. The quantitative estimate of drug-likeness (QED) is 0.787. The van der Waals surface area contributed by atoms with Crippen LogP contribution in [0.2, 0.25) is 0 Å². The highest BCUT2D eigenvalue weighted by atomic mass is 35.5. The molecule has 0 amide bonds. The van der Waals surface area contributed by atoms with Gasteiger partial charge in [-0.05, 0) is 57.5 Å². The van der Waals surface area contributed by atoms with Gasteiger partial charge < -0.3 is 4.57 Å². The summed E-state index contributed by atoms with van der Waals surface area (Å²) in [6, 6.07) is 7.10. The highest BCUT2D eigenvalue weighted by molar-refractivity contribution is 6.17. The Balaban J connectivity index is 1.92. The number of benzene rings is 1. The van der Waals surface area contributed by atoms with Gasteiger partial charge in [-0.25, -0.2) is 4.98 Å². The number of hydrogen-bond donors (Lipinski definition) is 0. The second-order valence-corrected chi connectivity index (χ2v) is 6.54. The first kappa shape index (κ1) is 14.9. The molecule has 21 heavy (non-hydrogen) atoms. The molecule has 4 heteroatoms. The summed E-state index contributed by atoms with van der Waals surface area (Å²) >= 11 is 5.97. The van der Waals surface area contributed by atoms with Crippen molar-refractivity contribution in [2.24, 2.45) is 0 Å². The molecule has 2 aromatic rings. The summed E-state index contributed by atoms with van der Waals surface area (Å²) in [6.45, 7) is 7.92. The predicted molar refractivity (Wildman–Crippen MR) is 89.2 cm³/mol. The third-order valence-electron chi connectivity index (χ3n) is 4.51. The smallest absolute Gasteiger partial charge is 0.111 e. The second-order valence-electron chi connectivity index (χ2n) is 6.16. The minimum absolute atomic E-state index is 0.556. The van der Waals surface area contributed by atoms with Crippen molar-refractivity contribution in [2.45, 2.75) is 45.7 Å². The Morgan fingerprint density at radius 2 is 2.05 bits per heavy atom. The van der Waals surface area contributed by atoms with Crippen LogP contribution in [0.25, 0.3) is 11.0 Å². The van der Waals surface area contributed by atoms with Gasteiger partial charge in [-0.3, -0.25) is 4.90 Å². The molecule has 3 nitrogen and oxygen atoms in total. The van der Waals surface area contributed by atoms with Gasteiger partial charge in [0.1, 0.15) is 5.82 Å². The summed E-state index contributed by atoms with van der Waals surface area (Å²) in [6.07, 6.45) is 3.51. The van der Waals surface area contributed by atoms with Gasteiger partial charge in [0.25, 0.3) is 0 Å². The molecule has 1 aromatic heterocycles. The van der Waals surface area contributed by atoms with E-state index in [1.165, 1.54) is 37.0 Å². The maximum Gasteiger partial charge on any atom is 0.111 e. The van der Waals surface area contributed by atoms with Crippen LogP contribution >= 0.6 is 11.6 Å². The molecule has 0 N–H and O–H groups in total. The number of fused-ring (bicyclic) bond motifs is 1. The first-order chi connectivity index (χ1) is 10.2. The van der Waals surface area contributed by atoms with Crippen LogP contribution in [0.4, 0.5) is 0 Å². The molecule has 1 saturated heterocycles. The fourth-order valence-electron chi connectivity index (χ4n) is 3.33. The van der Waals surface area contributed by atoms with Crippen molar-refractivity contribution < 1.29 is 0 Å². The molecule has 0 saturated carbocycles. The molecule has 1 aliphatic rings. The van der Waals surface area contributed by atoms with Crippen molar-refractivity contribution in [1.29, 1.82) is 0 Å². The van der Waals surface area contributed by atoms with Gasteiger partial charge in [-0.2, -0.15) is 0 Å². The number of aromatic nitrogens is 2. The number of likely N-dealkylation sites (tertiary alicyclic amines) is 1. The fraction of sp³-hybridized carbons (Fsp3) is 0.588. The van der Waals surface area contributed by atoms with Crippen LogP contribution in [-0.2, 0) is 13.0 Å². The van der Waals surface area contributed by atoms with Crippen LogP contribution in [-0.4, -0.2) is 39.5 Å². The zero-order valence-electron chi connectivity index (χ0n) is 13.0. The van der Waals surface area contributed by atoms with E-state index < -0.39 is 0 Å². The molecule has 0 spiro atoms. The van der Waals surface area contributed by atoms with Crippen molar-refractivity contribution in [1.82, 2.24) is 14.5 Å². The van der Waals surface area contributed by atoms with Gasteiger partial charge in [0.2, 0.25) is 0 Å². The molecule has 1 atom stereocenters. The summed E-state index contributed by atoms with van der Waals surface area (Å²) in [5.41, 5.74) is 3.60. The van der Waals surface area contributed by atoms with E-state index in [9.17, 15) is 0 Å². The Bertz CT molecular complexity index is 614. The maximum atomic E-state index is 5.97. The molecule has 0 aliphatic carbocycles. The van der Waals surface area contributed by atoms with Crippen LogP contribution in [0.5, 0.6) is 0 Å². The standard InChI is InChI=1S/C17H24ClN3/c1-13-5-6-16-15(11-13)19-17(7-8-18)21(16)12-14(2)20-9-3-4-10-20/h5-6,11,14H,3-4,7-10,12H2,1-2H3. The van der Waals surface area contributed by atoms with E-state index in [0.29, 0.717) is 11.9 Å². The predicted octanol–water partition coefficient (Wildman–Crippen LogP) is 3.61. The SMILES string of the molecule is Cc1ccc2c(c1)nc(CCCl)n2CC(C)N1CCCC1. The highest BCUT2D eigenvalue weighted by Gasteiger charge is 2.20. The Kier molecular flexibility index (Phi) is 4.51. The molecule has 2 heterocycles.